The van der Waals surface area contributed by atoms with E-state index in [4.69, 9.17) is 0 Å². The SMILES string of the molecule is CC(C)c1ccc(NC(=O)C[C@@H](C)CC(=O)N[C@H]2CCCc3ccccc32)cc1. The second-order valence-corrected chi connectivity index (χ2v) is 8.55. The Morgan fingerprint density at radius 2 is 1.66 bits per heavy atom. The molecule has 3 rings (SSSR count). The minimum Gasteiger partial charge on any atom is -0.349 e. The predicted octanol–water partition coefficient (Wildman–Crippen LogP) is 5.36. The van der Waals surface area contributed by atoms with E-state index < -0.39 is 0 Å². The molecule has 29 heavy (non-hydrogen) atoms. The minimum atomic E-state index is -0.0504. The van der Waals surface area contributed by atoms with Gasteiger partial charge in [-0.3, -0.25) is 9.59 Å². The van der Waals surface area contributed by atoms with Crippen LogP contribution in [0.25, 0.3) is 0 Å². The topological polar surface area (TPSA) is 58.2 Å². The molecule has 0 radical (unpaired) electrons. The molecule has 0 fully saturated rings. The Labute approximate surface area is 174 Å². The van der Waals surface area contributed by atoms with E-state index in [9.17, 15) is 9.59 Å². The number of amides is 2. The summed E-state index contributed by atoms with van der Waals surface area (Å²) in [7, 11) is 0. The monoisotopic (exact) mass is 392 g/mol. The van der Waals surface area contributed by atoms with Crippen molar-refractivity contribution in [3.63, 3.8) is 0 Å². The second kappa shape index (κ2) is 9.73. The maximum atomic E-state index is 12.5. The van der Waals surface area contributed by atoms with Crippen LogP contribution in [0.3, 0.4) is 0 Å². The molecule has 0 bridgehead atoms. The quantitative estimate of drug-likeness (QED) is 0.666. The number of fused-ring (bicyclic) bond motifs is 1. The van der Waals surface area contributed by atoms with Gasteiger partial charge in [0, 0.05) is 18.5 Å². The van der Waals surface area contributed by atoms with Gasteiger partial charge in [-0.05, 0) is 59.9 Å². The lowest BCUT2D eigenvalue weighted by Gasteiger charge is -2.26. The summed E-state index contributed by atoms with van der Waals surface area (Å²) in [5.74, 6) is 0.428. The van der Waals surface area contributed by atoms with Crippen LogP contribution >= 0.6 is 0 Å². The molecular formula is C25H32N2O2. The summed E-state index contributed by atoms with van der Waals surface area (Å²) in [5, 5.41) is 6.11. The second-order valence-electron chi connectivity index (χ2n) is 8.55. The van der Waals surface area contributed by atoms with E-state index in [0.717, 1.165) is 24.9 Å². The van der Waals surface area contributed by atoms with E-state index in [-0.39, 0.29) is 23.8 Å². The third-order valence-corrected chi connectivity index (χ3v) is 5.63. The van der Waals surface area contributed by atoms with Crippen molar-refractivity contribution in [3.8, 4) is 0 Å². The van der Waals surface area contributed by atoms with Crippen LogP contribution in [-0.4, -0.2) is 11.8 Å². The van der Waals surface area contributed by atoms with Crippen LogP contribution in [0.5, 0.6) is 0 Å². The van der Waals surface area contributed by atoms with Gasteiger partial charge in [0.25, 0.3) is 0 Å². The van der Waals surface area contributed by atoms with E-state index >= 15 is 0 Å². The van der Waals surface area contributed by atoms with Gasteiger partial charge >= 0.3 is 0 Å². The minimum absolute atomic E-state index is 0.0104. The first-order valence-corrected chi connectivity index (χ1v) is 10.7. The van der Waals surface area contributed by atoms with Crippen molar-refractivity contribution in [1.29, 1.82) is 0 Å². The first-order valence-electron chi connectivity index (χ1n) is 10.7. The van der Waals surface area contributed by atoms with Gasteiger partial charge in [0.2, 0.25) is 11.8 Å². The lowest BCUT2D eigenvalue weighted by atomic mass is 9.87. The van der Waals surface area contributed by atoms with E-state index in [1.807, 2.05) is 37.3 Å². The number of aryl methyl sites for hydroxylation is 1. The van der Waals surface area contributed by atoms with E-state index in [1.54, 1.807) is 0 Å². The van der Waals surface area contributed by atoms with Gasteiger partial charge in [-0.2, -0.15) is 0 Å². The molecule has 0 aliphatic heterocycles. The van der Waals surface area contributed by atoms with Crippen LogP contribution in [0.15, 0.2) is 48.5 Å². The molecule has 4 heteroatoms. The number of benzene rings is 2. The molecule has 0 aromatic heterocycles. The van der Waals surface area contributed by atoms with Crippen LogP contribution in [0.2, 0.25) is 0 Å². The summed E-state index contributed by atoms with van der Waals surface area (Å²) in [6.07, 6.45) is 3.84. The number of anilines is 1. The summed E-state index contributed by atoms with van der Waals surface area (Å²) < 4.78 is 0. The molecule has 4 nitrogen and oxygen atoms in total. The van der Waals surface area contributed by atoms with Gasteiger partial charge in [0.1, 0.15) is 0 Å². The fourth-order valence-corrected chi connectivity index (χ4v) is 4.03. The molecule has 0 spiro atoms. The molecule has 0 saturated heterocycles. The summed E-state index contributed by atoms with van der Waals surface area (Å²) in [5.41, 5.74) is 4.62. The average Bonchev–Trinajstić information content (AvgIpc) is 2.68. The molecule has 2 N–H and O–H groups in total. The molecule has 2 atom stereocenters. The summed E-state index contributed by atoms with van der Waals surface area (Å²) in [4.78, 5) is 24.9. The largest absolute Gasteiger partial charge is 0.349 e. The Bertz CT molecular complexity index is 842. The maximum Gasteiger partial charge on any atom is 0.224 e. The van der Waals surface area contributed by atoms with Crippen molar-refractivity contribution < 1.29 is 9.59 Å². The van der Waals surface area contributed by atoms with Crippen LogP contribution in [0, 0.1) is 5.92 Å². The molecule has 0 unspecified atom stereocenters. The number of nitrogens with one attached hydrogen (secondary N) is 2. The molecular weight excluding hydrogens is 360 g/mol. The fraction of sp³-hybridized carbons (Fsp3) is 0.440. The van der Waals surface area contributed by atoms with E-state index in [1.165, 1.54) is 16.7 Å². The van der Waals surface area contributed by atoms with Gasteiger partial charge in [0.15, 0.2) is 0 Å². The van der Waals surface area contributed by atoms with Crippen LogP contribution in [0.4, 0.5) is 5.69 Å². The molecule has 2 aromatic carbocycles. The molecule has 0 saturated carbocycles. The molecule has 2 aromatic rings. The zero-order chi connectivity index (χ0) is 20.8. The van der Waals surface area contributed by atoms with Crippen molar-refractivity contribution in [2.24, 2.45) is 5.92 Å². The molecule has 154 valence electrons. The molecule has 1 aliphatic carbocycles. The number of rotatable bonds is 7. The normalized spacial score (nSPS) is 16.8. The zero-order valence-corrected chi connectivity index (χ0v) is 17.7. The van der Waals surface area contributed by atoms with Crippen molar-refractivity contribution in [2.75, 3.05) is 5.32 Å². The summed E-state index contributed by atoms with van der Waals surface area (Å²) >= 11 is 0. The highest BCUT2D eigenvalue weighted by atomic mass is 16.2. The van der Waals surface area contributed by atoms with Crippen molar-refractivity contribution >= 4 is 17.5 Å². The number of carbonyl (C=O) groups excluding carboxylic acids is 2. The van der Waals surface area contributed by atoms with Gasteiger partial charge in [-0.25, -0.2) is 0 Å². The fourth-order valence-electron chi connectivity index (χ4n) is 4.03. The highest BCUT2D eigenvalue weighted by Crippen LogP contribution is 2.29. The third-order valence-electron chi connectivity index (χ3n) is 5.63. The van der Waals surface area contributed by atoms with Crippen LogP contribution < -0.4 is 10.6 Å². The molecule has 1 aliphatic rings. The lowest BCUT2D eigenvalue weighted by molar-refractivity contribution is -0.123. The molecule has 2 amide bonds. The third kappa shape index (κ3) is 5.93. The first kappa shape index (κ1) is 21.1. The van der Waals surface area contributed by atoms with Crippen molar-refractivity contribution in [2.45, 2.75) is 64.8 Å². The van der Waals surface area contributed by atoms with E-state index in [0.29, 0.717) is 18.8 Å². The van der Waals surface area contributed by atoms with Crippen molar-refractivity contribution in [1.82, 2.24) is 5.32 Å². The van der Waals surface area contributed by atoms with Crippen LogP contribution in [0.1, 0.15) is 75.1 Å². The first-order chi connectivity index (χ1) is 13.9. The van der Waals surface area contributed by atoms with Gasteiger partial charge in [0.05, 0.1) is 6.04 Å². The summed E-state index contributed by atoms with van der Waals surface area (Å²) in [6.45, 7) is 6.24. The van der Waals surface area contributed by atoms with Crippen LogP contribution in [-0.2, 0) is 16.0 Å². The highest BCUT2D eigenvalue weighted by molar-refractivity contribution is 5.91. The number of hydrogen-bond donors (Lipinski definition) is 2. The Kier molecular flexibility index (Phi) is 7.08. The smallest absolute Gasteiger partial charge is 0.224 e. The predicted molar refractivity (Wildman–Crippen MR) is 118 cm³/mol. The molecule has 0 heterocycles. The Balaban J connectivity index is 1.47. The lowest BCUT2D eigenvalue weighted by Crippen LogP contribution is -2.32. The van der Waals surface area contributed by atoms with Crippen molar-refractivity contribution in [3.05, 3.63) is 65.2 Å². The van der Waals surface area contributed by atoms with Gasteiger partial charge in [-0.15, -0.1) is 0 Å². The maximum absolute atomic E-state index is 12.5. The zero-order valence-electron chi connectivity index (χ0n) is 17.7. The number of carbonyl (C=O) groups is 2. The standard InChI is InChI=1S/C25H32N2O2/c1-17(2)19-11-13-21(14-12-19)26-24(28)15-18(3)16-25(29)27-23-10-6-8-20-7-4-5-9-22(20)23/h4-5,7,9,11-14,17-18,23H,6,8,10,15-16H2,1-3H3,(H,26,28)(H,27,29)/t18-,23+/m1/s1. The number of hydrogen-bond acceptors (Lipinski definition) is 2. The van der Waals surface area contributed by atoms with E-state index in [2.05, 4.69) is 42.7 Å². The Morgan fingerprint density at radius 3 is 2.38 bits per heavy atom. The highest BCUT2D eigenvalue weighted by Gasteiger charge is 2.22. The summed E-state index contributed by atoms with van der Waals surface area (Å²) in [6, 6.07) is 16.4. The van der Waals surface area contributed by atoms with Gasteiger partial charge in [-0.1, -0.05) is 57.2 Å². The Hall–Kier alpha value is -2.62. The average molecular weight is 393 g/mol. The van der Waals surface area contributed by atoms with Gasteiger partial charge < -0.3 is 10.6 Å². The Morgan fingerprint density at radius 1 is 0.966 bits per heavy atom.